The summed E-state index contributed by atoms with van der Waals surface area (Å²) in [6, 6.07) is 43.1. The van der Waals surface area contributed by atoms with Gasteiger partial charge in [-0.15, -0.1) is 0 Å². The number of amides is 1. The summed E-state index contributed by atoms with van der Waals surface area (Å²) in [5.74, 6) is 4.24. The van der Waals surface area contributed by atoms with E-state index in [0.717, 1.165) is 27.8 Å². The molecule has 1 N–H and O–H groups in total. The van der Waals surface area contributed by atoms with Gasteiger partial charge in [0, 0.05) is 29.7 Å². The third-order valence-corrected chi connectivity index (χ3v) is 34.9. The number of carbonyl (C=O) groups is 1. The van der Waals surface area contributed by atoms with Gasteiger partial charge in [-0.3, -0.25) is 4.79 Å². The van der Waals surface area contributed by atoms with Crippen LogP contribution in [0.3, 0.4) is 0 Å². The average Bonchev–Trinajstić information content (AvgIpc) is 3.53. The Balaban J connectivity index is 1.41. The molecule has 0 unspecified atom stereocenters. The number of ether oxygens (including phenoxy) is 4. The first-order valence-electron chi connectivity index (χ1n) is 28.8. The fourth-order valence-corrected chi connectivity index (χ4v) is 12.2. The fourth-order valence-electron chi connectivity index (χ4n) is 8.14. The normalized spacial score (nSPS) is 15.4. The van der Waals surface area contributed by atoms with Gasteiger partial charge in [0.25, 0.3) is 22.5 Å². The van der Waals surface area contributed by atoms with Crippen LogP contribution in [0.5, 0.6) is 46.0 Å². The molecule has 81 heavy (non-hydrogen) atoms. The predicted octanol–water partition coefficient (Wildman–Crippen LogP) is 18.4. The van der Waals surface area contributed by atoms with E-state index in [9.17, 15) is 0 Å². The number of carbonyl (C=O) groups excluding carboxylic acids is 1. The second-order valence-electron chi connectivity index (χ2n) is 28.0. The molecule has 6 aromatic rings. The molecule has 436 valence electrons. The van der Waals surface area contributed by atoms with E-state index in [2.05, 4.69) is 159 Å². The van der Waals surface area contributed by atoms with Crippen LogP contribution < -0.4 is 42.0 Å². The van der Waals surface area contributed by atoms with E-state index in [4.69, 9.17) is 36.7 Å². The molecule has 1 aliphatic heterocycles. The van der Waals surface area contributed by atoms with Crippen molar-refractivity contribution in [3.8, 4) is 46.0 Å². The highest BCUT2D eigenvalue weighted by Gasteiger charge is 2.46. The van der Waals surface area contributed by atoms with Crippen LogP contribution in [0.25, 0.3) is 0 Å². The van der Waals surface area contributed by atoms with Crippen molar-refractivity contribution in [1.82, 2.24) is 5.32 Å². The molecule has 0 bridgehead atoms. The van der Waals surface area contributed by atoms with Crippen LogP contribution in [0, 0.1) is 0 Å². The zero-order chi connectivity index (χ0) is 59.6. The minimum absolute atomic E-state index is 0.0645. The van der Waals surface area contributed by atoms with Crippen molar-refractivity contribution < 1.29 is 41.4 Å². The van der Waals surface area contributed by atoms with E-state index >= 15 is 4.79 Å². The quantitative estimate of drug-likeness (QED) is 0.0749. The molecular weight excluding hydrogens is 1080 g/mol. The van der Waals surface area contributed by atoms with E-state index < -0.39 is 45.4 Å². The molecule has 10 nitrogen and oxygen atoms in total. The molecule has 0 fully saturated rings. The van der Waals surface area contributed by atoms with E-state index in [-0.39, 0.29) is 45.9 Å². The van der Waals surface area contributed by atoms with Crippen molar-refractivity contribution in [3.63, 3.8) is 0 Å². The largest absolute Gasteiger partial charge is 0.543 e. The predicted molar refractivity (Wildman–Crippen MR) is 341 cm³/mol. The summed E-state index contributed by atoms with van der Waals surface area (Å²) in [5, 5.41) is 3.17. The lowest BCUT2D eigenvalue weighted by Crippen LogP contribution is -2.47. The average molecular weight is 1170 g/mol. The van der Waals surface area contributed by atoms with Gasteiger partial charge >= 0.3 is 0 Å². The summed E-state index contributed by atoms with van der Waals surface area (Å²) in [7, 11) is -9.59. The lowest BCUT2D eigenvalue weighted by Gasteiger charge is -2.41. The second-order valence-corrected chi connectivity index (χ2v) is 46.9. The van der Waals surface area contributed by atoms with Crippen molar-refractivity contribution in [2.75, 3.05) is 0 Å². The van der Waals surface area contributed by atoms with Gasteiger partial charge in [-0.1, -0.05) is 180 Å². The molecule has 1 heterocycles. The second kappa shape index (κ2) is 24.1. The monoisotopic (exact) mass is 1170 g/mol. The van der Waals surface area contributed by atoms with Gasteiger partial charge in [0.2, 0.25) is 22.4 Å². The SMILES string of the molecule is CC(C)(C)[Si](C)(C)Oc1cc2c(c(O[Si](C)(C)C(C)(C)C)c1)C[C@H](NC(=O)c1cc(OCc3ccccc3)c(OCc3ccccc3)c(OCc3ccccc3)c1)[C@@H](c1ccc(O[Si](C)(C)C(C)(C)C)c(O[Si](C)(C)C(C)(C)C)c1)O2. The maximum atomic E-state index is 15.6. The van der Waals surface area contributed by atoms with E-state index in [1.54, 1.807) is 12.1 Å². The lowest BCUT2D eigenvalue weighted by atomic mass is 9.91. The highest BCUT2D eigenvalue weighted by atomic mass is 28.4. The maximum absolute atomic E-state index is 15.6. The molecule has 6 aromatic carbocycles. The molecule has 7 rings (SSSR count). The summed E-state index contributed by atoms with van der Waals surface area (Å²) in [6.07, 6.45) is -0.325. The molecular formula is C67H93NO9Si4. The van der Waals surface area contributed by atoms with Crippen LogP contribution in [0.4, 0.5) is 0 Å². The Morgan fingerprint density at radius 3 is 1.32 bits per heavy atom. The molecule has 1 amide bonds. The van der Waals surface area contributed by atoms with Crippen molar-refractivity contribution in [3.05, 3.63) is 167 Å². The van der Waals surface area contributed by atoms with Gasteiger partial charge in [-0.25, -0.2) is 0 Å². The molecule has 0 radical (unpaired) electrons. The van der Waals surface area contributed by atoms with E-state index in [0.29, 0.717) is 58.0 Å². The molecule has 0 aromatic heterocycles. The summed E-state index contributed by atoms with van der Waals surface area (Å²) in [6.45, 7) is 45.7. The minimum atomic E-state index is -2.46. The van der Waals surface area contributed by atoms with Gasteiger partial charge in [0.05, 0.1) is 6.04 Å². The standard InChI is InChI=1S/C67H93NO9Si4/c1-64(2,3)78(13,14)74-52-41-56-53(57(42-52)76-80(17,18)66(7,8)9)43-54(61(73-56)50-36-37-55(75-79(15,16)65(4,5)6)58(38-50)77-81(19,20)67(10,11)12)68-63(69)51-39-59(70-44-47-30-24-21-25-31-47)62(72-46-49-34-28-23-29-35-49)60(40-51)71-45-48-32-26-22-27-33-48/h21-42,54,61H,43-46H2,1-20H3,(H,68,69)/t54-,61+/m0/s1. The van der Waals surface area contributed by atoms with Crippen molar-refractivity contribution in [2.24, 2.45) is 0 Å². The molecule has 0 aliphatic carbocycles. The highest BCUT2D eigenvalue weighted by molar-refractivity contribution is 6.76. The van der Waals surface area contributed by atoms with E-state index in [1.165, 1.54) is 0 Å². The fraction of sp³-hybridized carbons (Fsp3) is 0.448. The molecule has 2 atom stereocenters. The third kappa shape index (κ3) is 15.4. The molecule has 1 aliphatic rings. The van der Waals surface area contributed by atoms with E-state index in [1.807, 2.05) is 103 Å². The third-order valence-electron chi connectivity index (χ3n) is 17.5. The van der Waals surface area contributed by atoms with Crippen LogP contribution >= 0.6 is 0 Å². The number of rotatable bonds is 20. The lowest BCUT2D eigenvalue weighted by molar-refractivity contribution is 0.0837. The smallest absolute Gasteiger partial charge is 0.251 e. The first kappa shape index (κ1) is 62.7. The summed E-state index contributed by atoms with van der Waals surface area (Å²) >= 11 is 0. The van der Waals surface area contributed by atoms with Gasteiger partial charge < -0.3 is 42.0 Å². The number of benzene rings is 6. The Bertz CT molecular complexity index is 3040. The van der Waals surface area contributed by atoms with Gasteiger partial charge in [0.1, 0.15) is 54.7 Å². The van der Waals surface area contributed by atoms with Crippen LogP contribution in [-0.4, -0.2) is 45.2 Å². The van der Waals surface area contributed by atoms with Gasteiger partial charge in [-0.05, 0) is 119 Å². The molecule has 0 saturated heterocycles. The number of hydrogen-bond donors (Lipinski definition) is 1. The topological polar surface area (TPSA) is 103 Å². The van der Waals surface area contributed by atoms with Crippen molar-refractivity contribution in [1.29, 1.82) is 0 Å². The zero-order valence-corrected chi connectivity index (χ0v) is 56.4. The number of hydrogen-bond acceptors (Lipinski definition) is 9. The first-order valence-corrected chi connectivity index (χ1v) is 40.4. The molecule has 0 spiro atoms. The van der Waals surface area contributed by atoms with Crippen LogP contribution in [0.2, 0.25) is 72.5 Å². The van der Waals surface area contributed by atoms with Crippen molar-refractivity contribution in [2.45, 2.75) is 194 Å². The zero-order valence-electron chi connectivity index (χ0n) is 52.4. The number of nitrogens with one attached hydrogen (secondary N) is 1. The van der Waals surface area contributed by atoms with Gasteiger partial charge in [-0.2, -0.15) is 0 Å². The van der Waals surface area contributed by atoms with Crippen LogP contribution in [0.1, 0.15) is 127 Å². The Morgan fingerprint density at radius 1 is 0.469 bits per heavy atom. The molecule has 0 saturated carbocycles. The summed E-state index contributed by atoms with van der Waals surface area (Å²) in [4.78, 5) is 15.6. The summed E-state index contributed by atoms with van der Waals surface area (Å²) < 4.78 is 56.2. The minimum Gasteiger partial charge on any atom is -0.543 e. The molecule has 14 heteroatoms. The Kier molecular flexibility index (Phi) is 18.6. The maximum Gasteiger partial charge on any atom is 0.251 e. The Morgan fingerprint density at radius 2 is 0.877 bits per heavy atom. The van der Waals surface area contributed by atoms with Crippen molar-refractivity contribution >= 4 is 39.2 Å². The Labute approximate surface area is 490 Å². The summed E-state index contributed by atoms with van der Waals surface area (Å²) in [5.41, 5.74) is 4.91. The van der Waals surface area contributed by atoms with Crippen LogP contribution in [0.15, 0.2) is 133 Å². The first-order chi connectivity index (χ1) is 37.5. The van der Waals surface area contributed by atoms with Crippen LogP contribution in [-0.2, 0) is 26.2 Å². The Hall–Kier alpha value is -5.94. The number of fused-ring (bicyclic) bond motifs is 1. The highest BCUT2D eigenvalue weighted by Crippen LogP contribution is 2.50. The van der Waals surface area contributed by atoms with Gasteiger partial charge in [0.15, 0.2) is 11.5 Å².